The molecule has 1 atom stereocenters. The summed E-state index contributed by atoms with van der Waals surface area (Å²) in [6, 6.07) is 15.8. The van der Waals surface area contributed by atoms with E-state index in [0.29, 0.717) is 6.54 Å². The third-order valence-corrected chi connectivity index (χ3v) is 3.70. The molecule has 0 aliphatic carbocycles. The van der Waals surface area contributed by atoms with Gasteiger partial charge in [0, 0.05) is 13.6 Å². The predicted molar refractivity (Wildman–Crippen MR) is 88.9 cm³/mol. The lowest BCUT2D eigenvalue weighted by Crippen LogP contribution is -2.37. The van der Waals surface area contributed by atoms with Gasteiger partial charge in [-0.05, 0) is 49.6 Å². The van der Waals surface area contributed by atoms with E-state index in [1.54, 1.807) is 11.8 Å². The highest BCUT2D eigenvalue weighted by molar-refractivity contribution is 5.80. The van der Waals surface area contributed by atoms with Gasteiger partial charge in [0.1, 0.15) is 5.75 Å². The molecule has 0 aliphatic rings. The van der Waals surface area contributed by atoms with Gasteiger partial charge >= 0.3 is 0 Å². The Balaban J connectivity index is 1.99. The quantitative estimate of drug-likeness (QED) is 0.841. The molecular weight excluding hydrogens is 274 g/mol. The van der Waals surface area contributed by atoms with Crippen molar-refractivity contribution in [3.05, 3.63) is 65.2 Å². The number of nitrogens with zero attached hydrogens (tertiary/aromatic N) is 1. The van der Waals surface area contributed by atoms with Crippen molar-refractivity contribution in [2.45, 2.75) is 33.4 Å². The van der Waals surface area contributed by atoms with Crippen LogP contribution in [0.1, 0.15) is 23.6 Å². The summed E-state index contributed by atoms with van der Waals surface area (Å²) >= 11 is 0. The molecule has 0 N–H and O–H groups in total. The van der Waals surface area contributed by atoms with Crippen LogP contribution in [0.5, 0.6) is 5.75 Å². The summed E-state index contributed by atoms with van der Waals surface area (Å²) in [7, 11) is 1.81. The van der Waals surface area contributed by atoms with E-state index < -0.39 is 6.10 Å². The average molecular weight is 297 g/mol. The summed E-state index contributed by atoms with van der Waals surface area (Å²) in [6.07, 6.45) is -0.504. The molecule has 0 spiro atoms. The zero-order valence-electron chi connectivity index (χ0n) is 13.7. The second kappa shape index (κ2) is 7.12. The number of rotatable bonds is 5. The highest BCUT2D eigenvalue weighted by atomic mass is 16.5. The number of ether oxygens (including phenoxy) is 1. The molecule has 1 amide bonds. The monoisotopic (exact) mass is 297 g/mol. The van der Waals surface area contributed by atoms with Gasteiger partial charge < -0.3 is 9.64 Å². The number of carbonyl (C=O) groups is 1. The number of hydrogen-bond donors (Lipinski definition) is 0. The number of benzene rings is 2. The molecule has 0 saturated heterocycles. The predicted octanol–water partition coefficient (Wildman–Crippen LogP) is 3.73. The summed E-state index contributed by atoms with van der Waals surface area (Å²) in [4.78, 5) is 14.2. The Morgan fingerprint density at radius 2 is 1.86 bits per heavy atom. The van der Waals surface area contributed by atoms with Crippen molar-refractivity contribution in [3.8, 4) is 5.75 Å². The Morgan fingerprint density at radius 1 is 1.14 bits per heavy atom. The lowest BCUT2D eigenvalue weighted by molar-refractivity contribution is -0.137. The van der Waals surface area contributed by atoms with Crippen LogP contribution in [0.2, 0.25) is 0 Å². The van der Waals surface area contributed by atoms with Crippen molar-refractivity contribution in [3.63, 3.8) is 0 Å². The third-order valence-electron chi connectivity index (χ3n) is 3.70. The van der Waals surface area contributed by atoms with E-state index in [-0.39, 0.29) is 5.91 Å². The van der Waals surface area contributed by atoms with Gasteiger partial charge in [-0.15, -0.1) is 0 Å². The van der Waals surface area contributed by atoms with Crippen LogP contribution in [0.4, 0.5) is 0 Å². The summed E-state index contributed by atoms with van der Waals surface area (Å²) in [6.45, 7) is 6.44. The lowest BCUT2D eigenvalue weighted by Gasteiger charge is -2.23. The number of likely N-dealkylation sites (N-methyl/N-ethyl adjacent to an activating group) is 1. The van der Waals surface area contributed by atoms with Gasteiger partial charge in [-0.2, -0.15) is 0 Å². The summed E-state index contributed by atoms with van der Waals surface area (Å²) in [5, 5.41) is 0. The maximum atomic E-state index is 12.4. The maximum absolute atomic E-state index is 12.4. The van der Waals surface area contributed by atoms with E-state index in [1.807, 2.05) is 56.4 Å². The van der Waals surface area contributed by atoms with Gasteiger partial charge in [-0.1, -0.05) is 36.4 Å². The second-order valence-corrected chi connectivity index (χ2v) is 5.70. The molecule has 116 valence electrons. The van der Waals surface area contributed by atoms with Crippen molar-refractivity contribution < 1.29 is 9.53 Å². The highest BCUT2D eigenvalue weighted by Crippen LogP contribution is 2.16. The van der Waals surface area contributed by atoms with Crippen LogP contribution in [-0.4, -0.2) is 24.0 Å². The first-order chi connectivity index (χ1) is 10.5. The fourth-order valence-corrected chi connectivity index (χ4v) is 2.37. The van der Waals surface area contributed by atoms with Gasteiger partial charge in [0.15, 0.2) is 6.10 Å². The zero-order chi connectivity index (χ0) is 16.1. The van der Waals surface area contributed by atoms with Gasteiger partial charge in [-0.3, -0.25) is 4.79 Å². The summed E-state index contributed by atoms with van der Waals surface area (Å²) < 4.78 is 5.75. The van der Waals surface area contributed by atoms with Gasteiger partial charge in [0.05, 0.1) is 0 Å². The molecule has 2 aromatic rings. The third kappa shape index (κ3) is 4.10. The second-order valence-electron chi connectivity index (χ2n) is 5.70. The van der Waals surface area contributed by atoms with E-state index in [4.69, 9.17) is 4.74 Å². The summed E-state index contributed by atoms with van der Waals surface area (Å²) in [5.74, 6) is 0.704. The number of aryl methyl sites for hydroxylation is 2. The minimum atomic E-state index is -0.504. The molecule has 1 unspecified atom stereocenters. The van der Waals surface area contributed by atoms with E-state index >= 15 is 0 Å². The van der Waals surface area contributed by atoms with E-state index in [2.05, 4.69) is 13.0 Å². The fourth-order valence-electron chi connectivity index (χ4n) is 2.37. The van der Waals surface area contributed by atoms with Crippen LogP contribution >= 0.6 is 0 Å². The highest BCUT2D eigenvalue weighted by Gasteiger charge is 2.19. The van der Waals surface area contributed by atoms with Crippen molar-refractivity contribution in [1.82, 2.24) is 4.90 Å². The molecule has 0 radical (unpaired) electrons. The summed E-state index contributed by atoms with van der Waals surface area (Å²) in [5.41, 5.74) is 3.46. The van der Waals surface area contributed by atoms with Gasteiger partial charge in [0.25, 0.3) is 5.91 Å². The van der Waals surface area contributed by atoms with E-state index in [9.17, 15) is 4.79 Å². The smallest absolute Gasteiger partial charge is 0.263 e. The minimum Gasteiger partial charge on any atom is -0.481 e. The van der Waals surface area contributed by atoms with Crippen LogP contribution in [0.25, 0.3) is 0 Å². The number of amides is 1. The number of carbonyl (C=O) groups excluding carboxylic acids is 1. The van der Waals surface area contributed by atoms with Crippen LogP contribution in [-0.2, 0) is 11.3 Å². The topological polar surface area (TPSA) is 29.5 Å². The molecule has 0 fully saturated rings. The molecule has 2 aromatic carbocycles. The largest absolute Gasteiger partial charge is 0.481 e. The first-order valence-electron chi connectivity index (χ1n) is 7.50. The maximum Gasteiger partial charge on any atom is 0.263 e. The Labute approximate surface area is 132 Å². The SMILES string of the molecule is Cc1cccc(OC(C)C(=O)N(C)Cc2ccccc2C)c1. The van der Waals surface area contributed by atoms with Crippen molar-refractivity contribution in [1.29, 1.82) is 0 Å². The van der Waals surface area contributed by atoms with Crippen molar-refractivity contribution in [2.75, 3.05) is 7.05 Å². The van der Waals surface area contributed by atoms with Crippen LogP contribution in [0.3, 0.4) is 0 Å². The van der Waals surface area contributed by atoms with Crippen LogP contribution in [0.15, 0.2) is 48.5 Å². The van der Waals surface area contributed by atoms with Gasteiger partial charge in [0.2, 0.25) is 0 Å². The fraction of sp³-hybridized carbons (Fsp3) is 0.316. The van der Waals surface area contributed by atoms with Crippen LogP contribution < -0.4 is 4.74 Å². The normalized spacial score (nSPS) is 11.8. The first kappa shape index (κ1) is 16.1. The average Bonchev–Trinajstić information content (AvgIpc) is 2.48. The molecule has 3 nitrogen and oxygen atoms in total. The zero-order valence-corrected chi connectivity index (χ0v) is 13.7. The molecule has 0 bridgehead atoms. The van der Waals surface area contributed by atoms with Gasteiger partial charge in [-0.25, -0.2) is 0 Å². The first-order valence-corrected chi connectivity index (χ1v) is 7.50. The lowest BCUT2D eigenvalue weighted by atomic mass is 10.1. The molecule has 0 heterocycles. The van der Waals surface area contributed by atoms with E-state index in [0.717, 1.165) is 16.9 Å². The Hall–Kier alpha value is -2.29. The molecule has 22 heavy (non-hydrogen) atoms. The molecule has 0 aromatic heterocycles. The Kier molecular flexibility index (Phi) is 5.21. The number of hydrogen-bond acceptors (Lipinski definition) is 2. The molecule has 0 aliphatic heterocycles. The standard InChI is InChI=1S/C19H23NO2/c1-14-8-7-11-18(12-14)22-16(3)19(21)20(4)13-17-10-6-5-9-15(17)2/h5-12,16H,13H2,1-4H3. The minimum absolute atomic E-state index is 0.0234. The Bertz CT molecular complexity index is 651. The van der Waals surface area contributed by atoms with E-state index in [1.165, 1.54) is 5.56 Å². The Morgan fingerprint density at radius 3 is 2.55 bits per heavy atom. The van der Waals surface area contributed by atoms with Crippen molar-refractivity contribution >= 4 is 5.91 Å². The molecular formula is C19H23NO2. The molecule has 2 rings (SSSR count). The van der Waals surface area contributed by atoms with Crippen LogP contribution in [0, 0.1) is 13.8 Å². The molecule has 3 heteroatoms. The van der Waals surface area contributed by atoms with Crippen molar-refractivity contribution in [2.24, 2.45) is 0 Å². The molecule has 0 saturated carbocycles.